The average molecular weight is 274 g/mol. The van der Waals surface area contributed by atoms with Gasteiger partial charge in [0.15, 0.2) is 0 Å². The Kier molecular flexibility index (Phi) is 5.70. The zero-order chi connectivity index (χ0) is 11.3. The third kappa shape index (κ3) is 3.78. The lowest BCUT2D eigenvalue weighted by Crippen LogP contribution is -2.42. The number of sulfonamides is 1. The standard InChI is InChI=1S/C8H16ClNO3S2/c1-13-4-3-10(15(11,12)7-9)8-2-5-14-6-8/h8H,2-7H2,1H3. The van der Waals surface area contributed by atoms with Crippen molar-refractivity contribution in [1.82, 2.24) is 4.31 Å². The van der Waals surface area contributed by atoms with Crippen LogP contribution >= 0.6 is 23.4 Å². The van der Waals surface area contributed by atoms with E-state index in [0.29, 0.717) is 13.2 Å². The SMILES string of the molecule is COCCN(C1CCSC1)S(=O)(=O)CCl. The highest BCUT2D eigenvalue weighted by Crippen LogP contribution is 2.24. The van der Waals surface area contributed by atoms with Crippen molar-refractivity contribution in [3.05, 3.63) is 0 Å². The Morgan fingerprint density at radius 2 is 2.33 bits per heavy atom. The van der Waals surface area contributed by atoms with Gasteiger partial charge in [-0.2, -0.15) is 16.1 Å². The lowest BCUT2D eigenvalue weighted by molar-refractivity contribution is 0.169. The number of rotatable bonds is 6. The quantitative estimate of drug-likeness (QED) is 0.677. The molecule has 1 saturated heterocycles. The smallest absolute Gasteiger partial charge is 0.228 e. The maximum absolute atomic E-state index is 11.7. The molecule has 0 saturated carbocycles. The van der Waals surface area contributed by atoms with Crippen LogP contribution in [0.3, 0.4) is 0 Å². The molecule has 1 aliphatic rings. The lowest BCUT2D eigenvalue weighted by Gasteiger charge is -2.26. The van der Waals surface area contributed by atoms with Crippen molar-refractivity contribution < 1.29 is 13.2 Å². The zero-order valence-corrected chi connectivity index (χ0v) is 11.1. The van der Waals surface area contributed by atoms with E-state index in [9.17, 15) is 8.42 Å². The van der Waals surface area contributed by atoms with E-state index in [1.54, 1.807) is 18.9 Å². The van der Waals surface area contributed by atoms with Gasteiger partial charge in [-0.1, -0.05) is 0 Å². The summed E-state index contributed by atoms with van der Waals surface area (Å²) >= 11 is 7.25. The van der Waals surface area contributed by atoms with Crippen molar-refractivity contribution in [3.63, 3.8) is 0 Å². The first-order chi connectivity index (χ1) is 7.11. The molecular formula is C8H16ClNO3S2. The van der Waals surface area contributed by atoms with Crippen molar-refractivity contribution in [2.45, 2.75) is 12.5 Å². The molecule has 0 aromatic heterocycles. The van der Waals surface area contributed by atoms with Gasteiger partial charge in [-0.25, -0.2) is 8.42 Å². The molecular weight excluding hydrogens is 258 g/mol. The highest BCUT2D eigenvalue weighted by Gasteiger charge is 2.31. The summed E-state index contributed by atoms with van der Waals surface area (Å²) < 4.78 is 29.8. The molecule has 4 nitrogen and oxygen atoms in total. The number of ether oxygens (including phenoxy) is 1. The van der Waals surface area contributed by atoms with E-state index in [4.69, 9.17) is 16.3 Å². The fourth-order valence-electron chi connectivity index (χ4n) is 1.54. The molecule has 1 atom stereocenters. The summed E-state index contributed by atoms with van der Waals surface area (Å²) in [5.41, 5.74) is 0. The lowest BCUT2D eigenvalue weighted by atomic mass is 10.3. The molecule has 1 unspecified atom stereocenters. The first-order valence-corrected chi connectivity index (χ1v) is 8.04. The Morgan fingerprint density at radius 3 is 2.80 bits per heavy atom. The van der Waals surface area contributed by atoms with Gasteiger partial charge >= 0.3 is 0 Å². The van der Waals surface area contributed by atoms with Crippen LogP contribution in [0.5, 0.6) is 0 Å². The highest BCUT2D eigenvalue weighted by molar-refractivity contribution is 7.99. The Morgan fingerprint density at radius 1 is 1.60 bits per heavy atom. The zero-order valence-electron chi connectivity index (χ0n) is 8.69. The molecule has 0 amide bonds. The van der Waals surface area contributed by atoms with Gasteiger partial charge in [0.1, 0.15) is 5.21 Å². The second-order valence-corrected chi connectivity index (χ2v) is 7.00. The Labute approximate surface area is 100 Å². The first kappa shape index (κ1) is 13.6. The molecule has 0 radical (unpaired) electrons. The number of halogens is 1. The van der Waals surface area contributed by atoms with Crippen LogP contribution in [0.15, 0.2) is 0 Å². The molecule has 1 rings (SSSR count). The molecule has 0 aliphatic carbocycles. The fourth-order valence-corrected chi connectivity index (χ4v) is 4.35. The molecule has 0 bridgehead atoms. The van der Waals surface area contributed by atoms with Gasteiger partial charge in [-0.3, -0.25) is 0 Å². The Bertz CT molecular complexity index is 278. The van der Waals surface area contributed by atoms with Crippen LogP contribution in [0, 0.1) is 0 Å². The van der Waals surface area contributed by atoms with Crippen molar-refractivity contribution in [2.24, 2.45) is 0 Å². The van der Waals surface area contributed by atoms with Crippen LogP contribution in [0.1, 0.15) is 6.42 Å². The monoisotopic (exact) mass is 273 g/mol. The summed E-state index contributed by atoms with van der Waals surface area (Å²) in [4.78, 5) is 0. The largest absolute Gasteiger partial charge is 0.383 e. The molecule has 0 aromatic rings. The van der Waals surface area contributed by atoms with Gasteiger partial charge in [0.2, 0.25) is 10.0 Å². The second-order valence-electron chi connectivity index (χ2n) is 3.34. The van der Waals surface area contributed by atoms with Crippen molar-refractivity contribution in [1.29, 1.82) is 0 Å². The molecule has 0 N–H and O–H groups in total. The molecule has 1 heterocycles. The maximum Gasteiger partial charge on any atom is 0.228 e. The molecule has 1 aliphatic heterocycles. The minimum absolute atomic E-state index is 0.0916. The van der Waals surface area contributed by atoms with E-state index < -0.39 is 10.0 Å². The molecule has 7 heteroatoms. The molecule has 0 aromatic carbocycles. The van der Waals surface area contributed by atoms with Gasteiger partial charge in [0, 0.05) is 25.4 Å². The number of nitrogens with zero attached hydrogens (tertiary/aromatic N) is 1. The van der Waals surface area contributed by atoms with Gasteiger partial charge in [-0.15, -0.1) is 11.6 Å². The summed E-state index contributed by atoms with van der Waals surface area (Å²) in [6.07, 6.45) is 0.907. The Hall–Kier alpha value is 0.510. The van der Waals surface area contributed by atoms with Crippen LogP contribution in [0.4, 0.5) is 0 Å². The van der Waals surface area contributed by atoms with E-state index in [0.717, 1.165) is 17.9 Å². The van der Waals surface area contributed by atoms with E-state index in [-0.39, 0.29) is 11.3 Å². The van der Waals surface area contributed by atoms with Crippen LogP contribution in [0.25, 0.3) is 0 Å². The number of methoxy groups -OCH3 is 1. The minimum atomic E-state index is -3.31. The van der Waals surface area contributed by atoms with Crippen LogP contribution in [-0.4, -0.2) is 55.7 Å². The van der Waals surface area contributed by atoms with Crippen LogP contribution in [-0.2, 0) is 14.8 Å². The highest BCUT2D eigenvalue weighted by atomic mass is 35.5. The average Bonchev–Trinajstić information content (AvgIpc) is 2.71. The van der Waals surface area contributed by atoms with Crippen molar-refractivity contribution in [2.75, 3.05) is 37.0 Å². The minimum Gasteiger partial charge on any atom is -0.383 e. The molecule has 90 valence electrons. The number of hydrogen-bond acceptors (Lipinski definition) is 4. The predicted molar refractivity (Wildman–Crippen MR) is 64.0 cm³/mol. The first-order valence-electron chi connectivity index (χ1n) is 4.74. The molecule has 15 heavy (non-hydrogen) atoms. The number of thioether (sulfide) groups is 1. The van der Waals surface area contributed by atoms with E-state index >= 15 is 0 Å². The fraction of sp³-hybridized carbons (Fsp3) is 1.00. The van der Waals surface area contributed by atoms with Gasteiger partial charge in [0.05, 0.1) is 6.61 Å². The van der Waals surface area contributed by atoms with E-state index in [1.807, 2.05) is 0 Å². The van der Waals surface area contributed by atoms with Crippen molar-refractivity contribution in [3.8, 4) is 0 Å². The van der Waals surface area contributed by atoms with E-state index in [2.05, 4.69) is 0 Å². The molecule has 1 fully saturated rings. The van der Waals surface area contributed by atoms with E-state index in [1.165, 1.54) is 4.31 Å². The summed E-state index contributed by atoms with van der Waals surface area (Å²) in [6.45, 7) is 0.814. The third-order valence-corrected chi connectivity index (χ3v) is 5.77. The van der Waals surface area contributed by atoms with Gasteiger partial charge in [0.25, 0.3) is 0 Å². The third-order valence-electron chi connectivity index (χ3n) is 2.32. The normalized spacial score (nSPS) is 22.5. The Balaban J connectivity index is 2.68. The number of alkyl halides is 1. The summed E-state index contributed by atoms with van der Waals surface area (Å²) in [5, 5.41) is -0.349. The topological polar surface area (TPSA) is 46.6 Å². The van der Waals surface area contributed by atoms with Crippen molar-refractivity contribution >= 4 is 33.4 Å². The number of hydrogen-bond donors (Lipinski definition) is 0. The predicted octanol–water partition coefficient (Wildman–Crippen LogP) is 0.966. The van der Waals surface area contributed by atoms with Gasteiger partial charge in [-0.05, 0) is 12.2 Å². The summed E-state index contributed by atoms with van der Waals surface area (Å²) in [5.74, 6) is 1.88. The van der Waals surface area contributed by atoms with Crippen LogP contribution in [0.2, 0.25) is 0 Å². The van der Waals surface area contributed by atoms with Gasteiger partial charge < -0.3 is 4.74 Å². The summed E-state index contributed by atoms with van der Waals surface area (Å²) in [6, 6.07) is 0.0916. The second kappa shape index (κ2) is 6.30. The maximum atomic E-state index is 11.7. The molecule has 0 spiro atoms. The summed E-state index contributed by atoms with van der Waals surface area (Å²) in [7, 11) is -1.75. The van der Waals surface area contributed by atoms with Crippen LogP contribution < -0.4 is 0 Å².